The molecule has 0 spiro atoms. The van der Waals surface area contributed by atoms with Gasteiger partial charge in [-0.05, 0) is 60.7 Å². The number of carbonyl (C=O) groups is 1. The molecule has 1 aliphatic heterocycles. The minimum atomic E-state index is -1.68. The van der Waals surface area contributed by atoms with E-state index in [4.69, 9.17) is 23.2 Å². The highest BCUT2D eigenvalue weighted by molar-refractivity contribution is 6.31. The molecule has 33 heavy (non-hydrogen) atoms. The van der Waals surface area contributed by atoms with Crippen LogP contribution in [-0.4, -0.2) is 17.7 Å². The van der Waals surface area contributed by atoms with Crippen molar-refractivity contribution in [3.05, 3.63) is 94.0 Å². The largest absolute Gasteiger partial charge is 0.365 e. The summed E-state index contributed by atoms with van der Waals surface area (Å²) in [6.07, 6.45) is 6.00. The van der Waals surface area contributed by atoms with Crippen molar-refractivity contribution in [3.8, 4) is 6.07 Å². The maximum absolute atomic E-state index is 13.4. The number of urea groups is 1. The Labute approximate surface area is 203 Å². The van der Waals surface area contributed by atoms with Gasteiger partial charge in [0.2, 0.25) is 0 Å². The molecule has 1 aliphatic carbocycles. The first-order valence-corrected chi connectivity index (χ1v) is 11.5. The minimum absolute atomic E-state index is 0.0228. The van der Waals surface area contributed by atoms with E-state index in [1.807, 2.05) is 0 Å². The first kappa shape index (κ1) is 23.1. The van der Waals surface area contributed by atoms with Gasteiger partial charge in [-0.2, -0.15) is 5.26 Å². The Morgan fingerprint density at radius 2 is 1.39 bits per heavy atom. The number of halogens is 2. The molecule has 0 bridgehead atoms. The molecule has 2 aliphatic rings. The predicted octanol–water partition coefficient (Wildman–Crippen LogP) is 6.72. The fourth-order valence-corrected chi connectivity index (χ4v) is 3.93. The number of rotatable bonds is 3. The van der Waals surface area contributed by atoms with Gasteiger partial charge in [0.1, 0.15) is 0 Å². The van der Waals surface area contributed by atoms with Crippen LogP contribution in [0.5, 0.6) is 0 Å². The van der Waals surface area contributed by atoms with Gasteiger partial charge in [0, 0.05) is 27.0 Å². The van der Waals surface area contributed by atoms with Crippen molar-refractivity contribution in [3.63, 3.8) is 0 Å². The van der Waals surface area contributed by atoms with E-state index in [1.165, 1.54) is 35.5 Å². The molecule has 1 saturated carbocycles. The van der Waals surface area contributed by atoms with Gasteiger partial charge in [-0.3, -0.25) is 9.80 Å². The SMILES string of the molecule is C1CCC1.N#Cc1cccc(C2(O)CN(c3ccc(Cl)cc3)C(=O)N2c2ccc(Cl)cc2)c1. The van der Waals surface area contributed by atoms with Crippen LogP contribution in [0.3, 0.4) is 0 Å². The molecule has 1 atom stereocenters. The number of aliphatic hydroxyl groups is 1. The van der Waals surface area contributed by atoms with E-state index >= 15 is 0 Å². The molecule has 1 unspecified atom stereocenters. The number of hydrogen-bond donors (Lipinski definition) is 1. The molecule has 3 aromatic rings. The third-order valence-corrected chi connectivity index (χ3v) is 6.35. The molecule has 1 heterocycles. The van der Waals surface area contributed by atoms with Crippen molar-refractivity contribution in [2.24, 2.45) is 0 Å². The first-order valence-electron chi connectivity index (χ1n) is 10.8. The van der Waals surface area contributed by atoms with E-state index in [0.717, 1.165) is 0 Å². The molecule has 1 saturated heterocycles. The van der Waals surface area contributed by atoms with Gasteiger partial charge in [-0.15, -0.1) is 0 Å². The third-order valence-electron chi connectivity index (χ3n) is 5.85. The van der Waals surface area contributed by atoms with Crippen LogP contribution in [0.15, 0.2) is 72.8 Å². The Bertz CT molecular complexity index is 1170. The van der Waals surface area contributed by atoms with E-state index in [-0.39, 0.29) is 6.54 Å². The molecule has 7 heteroatoms. The average Bonchev–Trinajstić information content (AvgIpc) is 3.05. The second kappa shape index (κ2) is 9.84. The van der Waals surface area contributed by atoms with Crippen molar-refractivity contribution in [1.82, 2.24) is 0 Å². The smallest absolute Gasteiger partial charge is 0.331 e. The number of β-amino-alcohol motifs (C(OH)–C–C–N with tert-alkyl or cyclic N) is 1. The number of nitrogens with zero attached hydrogens (tertiary/aromatic N) is 3. The number of benzene rings is 3. The Hall–Kier alpha value is -3.04. The lowest BCUT2D eigenvalue weighted by molar-refractivity contribution is 0.0655. The molecular formula is C26H23Cl2N3O2. The lowest BCUT2D eigenvalue weighted by atomic mass is 9.99. The van der Waals surface area contributed by atoms with Crippen molar-refractivity contribution in [1.29, 1.82) is 5.26 Å². The molecule has 0 aromatic heterocycles. The summed E-state index contributed by atoms with van der Waals surface area (Å²) in [5.41, 5.74) is 0.240. The van der Waals surface area contributed by atoms with Gasteiger partial charge in [0.25, 0.3) is 0 Å². The molecule has 2 fully saturated rings. The molecule has 2 amide bonds. The van der Waals surface area contributed by atoms with Crippen molar-refractivity contribution in [2.75, 3.05) is 16.3 Å². The van der Waals surface area contributed by atoms with Crippen LogP contribution in [0.25, 0.3) is 0 Å². The van der Waals surface area contributed by atoms with E-state index in [9.17, 15) is 15.2 Å². The number of hydrogen-bond acceptors (Lipinski definition) is 3. The van der Waals surface area contributed by atoms with E-state index < -0.39 is 11.8 Å². The molecule has 0 radical (unpaired) electrons. The maximum atomic E-state index is 13.4. The maximum Gasteiger partial charge on any atom is 0.331 e. The predicted molar refractivity (Wildman–Crippen MR) is 132 cm³/mol. The van der Waals surface area contributed by atoms with Crippen molar-refractivity contribution >= 4 is 40.6 Å². The fourth-order valence-electron chi connectivity index (χ4n) is 3.68. The normalized spacial score (nSPS) is 19.4. The van der Waals surface area contributed by atoms with Crippen molar-refractivity contribution < 1.29 is 9.90 Å². The van der Waals surface area contributed by atoms with Gasteiger partial charge in [0.15, 0.2) is 5.72 Å². The van der Waals surface area contributed by atoms with Gasteiger partial charge < -0.3 is 5.11 Å². The molecule has 168 valence electrons. The summed E-state index contributed by atoms with van der Waals surface area (Å²) in [4.78, 5) is 16.2. The van der Waals surface area contributed by atoms with Crippen LogP contribution < -0.4 is 9.80 Å². The summed E-state index contributed by atoms with van der Waals surface area (Å²) < 4.78 is 0. The van der Waals surface area contributed by atoms with E-state index in [1.54, 1.807) is 72.8 Å². The Kier molecular flexibility index (Phi) is 6.90. The Morgan fingerprint density at radius 3 is 1.91 bits per heavy atom. The molecule has 3 aromatic carbocycles. The number of amides is 2. The zero-order valence-electron chi connectivity index (χ0n) is 17.9. The average molecular weight is 480 g/mol. The van der Waals surface area contributed by atoms with Crippen LogP contribution in [0.2, 0.25) is 10.0 Å². The molecule has 5 nitrogen and oxygen atoms in total. The number of anilines is 2. The first-order chi connectivity index (χ1) is 15.9. The molecule has 1 N–H and O–H groups in total. The highest BCUT2D eigenvalue weighted by atomic mass is 35.5. The second-order valence-corrected chi connectivity index (χ2v) is 8.95. The quantitative estimate of drug-likeness (QED) is 0.453. The van der Waals surface area contributed by atoms with Gasteiger partial charge in [-0.1, -0.05) is 61.0 Å². The Morgan fingerprint density at radius 1 is 0.848 bits per heavy atom. The second-order valence-electron chi connectivity index (χ2n) is 8.08. The summed E-state index contributed by atoms with van der Waals surface area (Å²) in [5.74, 6) is 0. The van der Waals surface area contributed by atoms with Crippen LogP contribution in [0.4, 0.5) is 16.2 Å². The van der Waals surface area contributed by atoms with Gasteiger partial charge in [-0.25, -0.2) is 4.79 Å². The van der Waals surface area contributed by atoms with Crippen LogP contribution >= 0.6 is 23.2 Å². The fraction of sp³-hybridized carbons (Fsp3) is 0.231. The standard InChI is InChI=1S/C22H15Cl2N3O2.C4H8/c23-17-4-8-19(9-5-17)26-14-22(29,16-3-1-2-15(12-16)13-25)27(21(26)28)20-10-6-18(24)7-11-20;1-2-4-3-1/h1-12,29H,14H2;1-4H2. The zero-order chi connectivity index (χ0) is 23.4. The summed E-state index contributed by atoms with van der Waals surface area (Å²) >= 11 is 12.0. The van der Waals surface area contributed by atoms with Crippen LogP contribution in [0, 0.1) is 11.3 Å². The molecule has 5 rings (SSSR count). The lowest BCUT2D eigenvalue weighted by Crippen LogP contribution is -2.44. The van der Waals surface area contributed by atoms with E-state index in [0.29, 0.717) is 32.5 Å². The third kappa shape index (κ3) is 4.84. The van der Waals surface area contributed by atoms with E-state index in [2.05, 4.69) is 6.07 Å². The zero-order valence-corrected chi connectivity index (χ0v) is 19.4. The topological polar surface area (TPSA) is 67.6 Å². The summed E-state index contributed by atoms with van der Waals surface area (Å²) in [6.45, 7) is -0.0228. The summed E-state index contributed by atoms with van der Waals surface area (Å²) in [5, 5.41) is 22.0. The summed E-state index contributed by atoms with van der Waals surface area (Å²) in [7, 11) is 0. The number of carbonyl (C=O) groups excluding carboxylic acids is 1. The Balaban J connectivity index is 0.000000586. The minimum Gasteiger partial charge on any atom is -0.365 e. The van der Waals surface area contributed by atoms with Gasteiger partial charge >= 0.3 is 6.03 Å². The summed E-state index contributed by atoms with van der Waals surface area (Å²) in [6, 6.07) is 21.7. The monoisotopic (exact) mass is 479 g/mol. The van der Waals surface area contributed by atoms with Crippen LogP contribution in [-0.2, 0) is 5.72 Å². The highest BCUT2D eigenvalue weighted by Gasteiger charge is 2.51. The van der Waals surface area contributed by atoms with Gasteiger partial charge in [0.05, 0.1) is 18.2 Å². The highest BCUT2D eigenvalue weighted by Crippen LogP contribution is 2.40. The lowest BCUT2D eigenvalue weighted by Gasteiger charge is -2.32. The van der Waals surface area contributed by atoms with Crippen molar-refractivity contribution in [2.45, 2.75) is 31.4 Å². The molecular weight excluding hydrogens is 457 g/mol. The number of nitriles is 1. The van der Waals surface area contributed by atoms with Crippen LogP contribution in [0.1, 0.15) is 36.8 Å².